The van der Waals surface area contributed by atoms with Gasteiger partial charge in [-0.15, -0.1) is 0 Å². The monoisotopic (exact) mass is 652 g/mol. The number of likely N-dealkylation sites (tertiary alicyclic amines) is 1. The fraction of sp³-hybridized carbons (Fsp3) is 0.357. The van der Waals surface area contributed by atoms with Crippen LogP contribution in [0.25, 0.3) is 28.3 Å². The van der Waals surface area contributed by atoms with Gasteiger partial charge in [-0.2, -0.15) is 28.1 Å². The molecule has 4 aromatic rings. The zero-order chi connectivity index (χ0) is 33.6. The summed E-state index contributed by atoms with van der Waals surface area (Å²) >= 11 is 0. The van der Waals surface area contributed by atoms with Gasteiger partial charge in [-0.1, -0.05) is 0 Å². The molecule has 5 rings (SSSR count). The molecular formula is C28H29F5N8O5. The number of nitrogen functional groups attached to an aromatic ring is 1. The number of carbonyl (C=O) groups is 1. The van der Waals surface area contributed by atoms with Gasteiger partial charge in [-0.3, -0.25) is 14.4 Å². The number of nitrogens with two attached hydrogens (primary N) is 1. The van der Waals surface area contributed by atoms with E-state index >= 15 is 0 Å². The summed E-state index contributed by atoms with van der Waals surface area (Å²) in [5.74, 6) is -1.60. The van der Waals surface area contributed by atoms with Gasteiger partial charge in [-0.05, 0) is 18.9 Å². The normalized spacial score (nSPS) is 14.1. The number of piperidine rings is 1. The SMILES string of the molecule is COc1cc(OC)cc(-n2nc(-c3nc(-c4cnn(C5CCN(CC(F)F)CC5)c4)cnc3N)ccc2=O)c1.O=C(O)C(F)(F)F. The zero-order valence-electron chi connectivity index (χ0n) is 24.5. The van der Waals surface area contributed by atoms with E-state index in [1.807, 2.05) is 10.9 Å². The summed E-state index contributed by atoms with van der Waals surface area (Å²) in [5, 5.41) is 16.1. The highest BCUT2D eigenvalue weighted by atomic mass is 19.4. The number of methoxy groups -OCH3 is 2. The lowest BCUT2D eigenvalue weighted by molar-refractivity contribution is -0.192. The van der Waals surface area contributed by atoms with Crippen LogP contribution in [-0.2, 0) is 4.79 Å². The molecule has 3 N–H and O–H groups in total. The first-order valence-electron chi connectivity index (χ1n) is 13.6. The van der Waals surface area contributed by atoms with Crippen LogP contribution in [0.15, 0.2) is 53.7 Å². The van der Waals surface area contributed by atoms with Gasteiger partial charge in [0.15, 0.2) is 5.82 Å². The number of halogens is 5. The van der Waals surface area contributed by atoms with E-state index in [1.54, 1.807) is 35.5 Å². The van der Waals surface area contributed by atoms with Crippen molar-refractivity contribution in [2.75, 3.05) is 39.6 Å². The molecule has 1 aliphatic rings. The molecule has 0 unspecified atom stereocenters. The first-order valence-corrected chi connectivity index (χ1v) is 13.6. The van der Waals surface area contributed by atoms with Gasteiger partial charge in [0.05, 0.1) is 50.6 Å². The van der Waals surface area contributed by atoms with Gasteiger partial charge in [0.1, 0.15) is 22.9 Å². The summed E-state index contributed by atoms with van der Waals surface area (Å²) in [7, 11) is 3.04. The fourth-order valence-electron chi connectivity index (χ4n) is 4.59. The number of carboxylic acid groups (broad SMARTS) is 1. The second-order valence-electron chi connectivity index (χ2n) is 9.96. The quantitative estimate of drug-likeness (QED) is 0.267. The second kappa shape index (κ2) is 14.3. The third kappa shape index (κ3) is 8.32. The van der Waals surface area contributed by atoms with Crippen molar-refractivity contribution in [3.05, 3.63) is 59.3 Å². The Morgan fingerprint density at radius 3 is 2.26 bits per heavy atom. The topological polar surface area (TPSA) is 164 Å². The summed E-state index contributed by atoms with van der Waals surface area (Å²) in [6.07, 6.45) is -0.849. The van der Waals surface area contributed by atoms with E-state index in [1.165, 1.54) is 31.0 Å². The third-order valence-corrected chi connectivity index (χ3v) is 6.89. The van der Waals surface area contributed by atoms with Crippen molar-refractivity contribution < 1.29 is 41.3 Å². The third-order valence-electron chi connectivity index (χ3n) is 6.89. The fourth-order valence-corrected chi connectivity index (χ4v) is 4.59. The average Bonchev–Trinajstić information content (AvgIpc) is 3.52. The summed E-state index contributed by atoms with van der Waals surface area (Å²) in [4.78, 5) is 32.4. The van der Waals surface area contributed by atoms with Gasteiger partial charge in [0.2, 0.25) is 0 Å². The van der Waals surface area contributed by atoms with E-state index in [-0.39, 0.29) is 24.0 Å². The molecule has 4 heterocycles. The van der Waals surface area contributed by atoms with Crippen molar-refractivity contribution in [1.29, 1.82) is 0 Å². The van der Waals surface area contributed by atoms with E-state index < -0.39 is 18.6 Å². The molecule has 13 nitrogen and oxygen atoms in total. The van der Waals surface area contributed by atoms with E-state index in [2.05, 4.69) is 20.2 Å². The Kier molecular flexibility index (Phi) is 10.5. The van der Waals surface area contributed by atoms with Crippen LogP contribution < -0.4 is 20.8 Å². The molecular weight excluding hydrogens is 623 g/mol. The highest BCUT2D eigenvalue weighted by Gasteiger charge is 2.38. The Hall–Kier alpha value is -5.13. The van der Waals surface area contributed by atoms with Crippen molar-refractivity contribution in [2.45, 2.75) is 31.5 Å². The molecule has 46 heavy (non-hydrogen) atoms. The minimum Gasteiger partial charge on any atom is -0.497 e. The number of aliphatic carboxylic acids is 1. The van der Waals surface area contributed by atoms with E-state index in [0.717, 1.165) is 18.4 Å². The van der Waals surface area contributed by atoms with Crippen LogP contribution in [-0.4, -0.2) is 92.0 Å². The number of anilines is 1. The molecule has 0 radical (unpaired) electrons. The number of carboxylic acids is 1. The minimum atomic E-state index is -5.08. The maximum absolute atomic E-state index is 12.7. The molecule has 3 aromatic heterocycles. The molecule has 0 bridgehead atoms. The van der Waals surface area contributed by atoms with Gasteiger partial charge in [0.25, 0.3) is 12.0 Å². The number of nitrogens with zero attached hydrogens (tertiary/aromatic N) is 7. The van der Waals surface area contributed by atoms with Crippen LogP contribution in [0.4, 0.5) is 27.8 Å². The number of ether oxygens (including phenoxy) is 2. The lowest BCUT2D eigenvalue weighted by atomic mass is 10.1. The predicted molar refractivity (Wildman–Crippen MR) is 154 cm³/mol. The van der Waals surface area contributed by atoms with Crippen molar-refractivity contribution in [2.24, 2.45) is 0 Å². The van der Waals surface area contributed by atoms with Crippen LogP contribution in [0.5, 0.6) is 11.5 Å². The molecule has 0 atom stereocenters. The van der Waals surface area contributed by atoms with Crippen molar-refractivity contribution in [1.82, 2.24) is 34.4 Å². The van der Waals surface area contributed by atoms with Crippen LogP contribution in [0.2, 0.25) is 0 Å². The number of rotatable bonds is 8. The van der Waals surface area contributed by atoms with Crippen molar-refractivity contribution >= 4 is 11.8 Å². The molecule has 18 heteroatoms. The molecule has 0 aliphatic carbocycles. The average molecular weight is 653 g/mol. The number of hydrogen-bond donors (Lipinski definition) is 2. The Bertz CT molecular complexity index is 1700. The maximum atomic E-state index is 12.7. The molecule has 1 aliphatic heterocycles. The van der Waals surface area contributed by atoms with E-state index in [0.29, 0.717) is 47.4 Å². The van der Waals surface area contributed by atoms with Crippen molar-refractivity contribution in [3.8, 4) is 39.8 Å². The van der Waals surface area contributed by atoms with Crippen LogP contribution >= 0.6 is 0 Å². The number of aromatic nitrogens is 6. The highest BCUT2D eigenvalue weighted by Crippen LogP contribution is 2.28. The first-order chi connectivity index (χ1) is 21.8. The smallest absolute Gasteiger partial charge is 0.490 e. The van der Waals surface area contributed by atoms with Crippen LogP contribution in [0.3, 0.4) is 0 Å². The van der Waals surface area contributed by atoms with E-state index in [9.17, 15) is 26.7 Å². The molecule has 246 valence electrons. The zero-order valence-corrected chi connectivity index (χ0v) is 24.5. The Labute approximate surface area is 258 Å². The minimum absolute atomic E-state index is 0.110. The van der Waals surface area contributed by atoms with Crippen LogP contribution in [0.1, 0.15) is 18.9 Å². The summed E-state index contributed by atoms with van der Waals surface area (Å²) in [6.45, 7) is 0.987. The Balaban J connectivity index is 0.000000617. The predicted octanol–water partition coefficient (Wildman–Crippen LogP) is 3.69. The molecule has 1 fully saturated rings. The lowest BCUT2D eigenvalue weighted by Crippen LogP contribution is -2.37. The molecule has 0 amide bonds. The largest absolute Gasteiger partial charge is 0.497 e. The standard InChI is InChI=1S/C26H28F2N8O3.C2HF3O2/c1-38-19-9-18(10-20(11-19)39-2)36-24(37)4-3-21(33-36)25-26(29)30-13-22(32-25)16-12-31-35(14-16)17-5-7-34(8-6-17)15-23(27)28;3-2(4,5)1(6)7/h3-4,9-14,17,23H,5-8,15H2,1-2H3,(H2,29,30);(H,6,7). The highest BCUT2D eigenvalue weighted by molar-refractivity contribution is 5.73. The van der Waals surface area contributed by atoms with Gasteiger partial charge >= 0.3 is 12.1 Å². The van der Waals surface area contributed by atoms with Crippen molar-refractivity contribution in [3.63, 3.8) is 0 Å². The molecule has 0 spiro atoms. The molecule has 1 aromatic carbocycles. The summed E-state index contributed by atoms with van der Waals surface area (Å²) in [5.41, 5.74) is 8.17. The maximum Gasteiger partial charge on any atom is 0.490 e. The van der Waals surface area contributed by atoms with Crippen LogP contribution in [0, 0.1) is 0 Å². The Morgan fingerprint density at radius 2 is 1.70 bits per heavy atom. The number of alkyl halides is 5. The molecule has 0 saturated carbocycles. The van der Waals surface area contributed by atoms with Gasteiger partial charge < -0.3 is 20.3 Å². The second-order valence-corrected chi connectivity index (χ2v) is 9.96. The molecule has 1 saturated heterocycles. The number of benzene rings is 1. The first kappa shape index (κ1) is 33.8. The lowest BCUT2D eigenvalue weighted by Gasteiger charge is -2.31. The summed E-state index contributed by atoms with van der Waals surface area (Å²) in [6, 6.07) is 8.05. The Morgan fingerprint density at radius 1 is 1.07 bits per heavy atom. The number of hydrogen-bond acceptors (Lipinski definition) is 10. The van der Waals surface area contributed by atoms with E-state index in [4.69, 9.17) is 25.1 Å². The van der Waals surface area contributed by atoms with Gasteiger partial charge in [-0.25, -0.2) is 23.5 Å². The van der Waals surface area contributed by atoms with Gasteiger partial charge in [0, 0.05) is 49.1 Å². The summed E-state index contributed by atoms with van der Waals surface area (Å²) < 4.78 is 70.8.